The van der Waals surface area contributed by atoms with Crippen LogP contribution in [0.2, 0.25) is 0 Å². The summed E-state index contributed by atoms with van der Waals surface area (Å²) in [4.78, 5) is 12.2. The van der Waals surface area contributed by atoms with Gasteiger partial charge in [0.1, 0.15) is 0 Å². The van der Waals surface area contributed by atoms with E-state index in [1.165, 1.54) is 12.1 Å². The van der Waals surface area contributed by atoms with Crippen LogP contribution >= 0.6 is 0 Å². The fourth-order valence-electron chi connectivity index (χ4n) is 1.81. The fourth-order valence-corrected chi connectivity index (χ4v) is 1.81. The first kappa shape index (κ1) is 9.92. The normalized spacial score (nSPS) is 20.6. The quantitative estimate of drug-likeness (QED) is 0.583. The Bertz CT molecular complexity index is 363. The molecule has 0 bridgehead atoms. The van der Waals surface area contributed by atoms with Crippen LogP contribution in [0.5, 0.6) is 0 Å². The molecule has 0 spiro atoms. The number of nitro benzene ring substituents is 1. The molecule has 0 amide bonds. The van der Waals surface area contributed by atoms with Crippen LogP contribution < -0.4 is 10.6 Å². The summed E-state index contributed by atoms with van der Waals surface area (Å²) in [5.74, 6) is 0. The van der Waals surface area contributed by atoms with Crippen molar-refractivity contribution in [3.8, 4) is 0 Å². The second-order valence-electron chi connectivity index (χ2n) is 3.77. The third-order valence-electron chi connectivity index (χ3n) is 2.65. The smallest absolute Gasteiger partial charge is 0.269 e. The highest BCUT2D eigenvalue weighted by Crippen LogP contribution is 2.22. The highest BCUT2D eigenvalue weighted by atomic mass is 16.6. The van der Waals surface area contributed by atoms with E-state index in [9.17, 15) is 10.1 Å². The molecule has 1 unspecified atom stereocenters. The fraction of sp³-hybridized carbons (Fsp3) is 0.400. The van der Waals surface area contributed by atoms with E-state index in [0.717, 1.165) is 25.2 Å². The van der Waals surface area contributed by atoms with Gasteiger partial charge in [-0.1, -0.05) is 0 Å². The molecule has 5 nitrogen and oxygen atoms in total. The second-order valence-corrected chi connectivity index (χ2v) is 3.77. The van der Waals surface area contributed by atoms with E-state index in [2.05, 4.69) is 4.90 Å². The Hall–Kier alpha value is -1.62. The molecule has 1 fully saturated rings. The number of hydrogen-bond donors (Lipinski definition) is 1. The number of benzene rings is 1. The van der Waals surface area contributed by atoms with Crippen LogP contribution in [0.3, 0.4) is 0 Å². The van der Waals surface area contributed by atoms with Gasteiger partial charge in [-0.25, -0.2) is 0 Å². The highest BCUT2D eigenvalue weighted by molar-refractivity contribution is 5.51. The van der Waals surface area contributed by atoms with Gasteiger partial charge >= 0.3 is 0 Å². The highest BCUT2D eigenvalue weighted by Gasteiger charge is 2.19. The van der Waals surface area contributed by atoms with Gasteiger partial charge in [-0.15, -0.1) is 0 Å². The summed E-state index contributed by atoms with van der Waals surface area (Å²) in [5.41, 5.74) is 6.93. The van der Waals surface area contributed by atoms with Crippen molar-refractivity contribution >= 4 is 11.4 Å². The molecule has 15 heavy (non-hydrogen) atoms. The minimum Gasteiger partial charge on any atom is -0.370 e. The molecule has 1 saturated heterocycles. The molecule has 1 heterocycles. The first-order valence-electron chi connectivity index (χ1n) is 4.92. The number of anilines is 1. The zero-order chi connectivity index (χ0) is 10.8. The molecule has 1 atom stereocenters. The molecule has 2 N–H and O–H groups in total. The predicted octanol–water partition coefficient (Wildman–Crippen LogP) is 1.13. The van der Waals surface area contributed by atoms with Gasteiger partial charge in [-0.3, -0.25) is 10.1 Å². The Morgan fingerprint density at radius 1 is 1.40 bits per heavy atom. The number of nitrogens with zero attached hydrogens (tertiary/aromatic N) is 2. The Kier molecular flexibility index (Phi) is 2.55. The molecule has 0 aliphatic carbocycles. The van der Waals surface area contributed by atoms with Crippen molar-refractivity contribution in [1.29, 1.82) is 0 Å². The summed E-state index contributed by atoms with van der Waals surface area (Å²) in [6, 6.07) is 6.82. The van der Waals surface area contributed by atoms with Gasteiger partial charge in [-0.05, 0) is 18.6 Å². The van der Waals surface area contributed by atoms with Gasteiger partial charge in [0, 0.05) is 37.0 Å². The standard InChI is InChI=1S/C10H13N3O2/c11-8-5-6-12(7-8)9-1-3-10(4-2-9)13(14)15/h1-4,8H,5-7,11H2. The van der Waals surface area contributed by atoms with Crippen molar-refractivity contribution in [2.45, 2.75) is 12.5 Å². The summed E-state index contributed by atoms with van der Waals surface area (Å²) in [5, 5.41) is 10.5. The minimum atomic E-state index is -0.389. The Labute approximate surface area is 87.6 Å². The number of nitro groups is 1. The molecule has 0 saturated carbocycles. The van der Waals surface area contributed by atoms with Crippen LogP contribution in [-0.4, -0.2) is 24.1 Å². The van der Waals surface area contributed by atoms with Crippen LogP contribution in [0.15, 0.2) is 24.3 Å². The summed E-state index contributed by atoms with van der Waals surface area (Å²) in [7, 11) is 0. The maximum Gasteiger partial charge on any atom is 0.269 e. The third kappa shape index (κ3) is 2.07. The molecular formula is C10H13N3O2. The molecule has 0 radical (unpaired) electrons. The van der Waals surface area contributed by atoms with Crippen molar-refractivity contribution in [2.75, 3.05) is 18.0 Å². The lowest BCUT2D eigenvalue weighted by Gasteiger charge is -2.17. The Morgan fingerprint density at radius 2 is 2.07 bits per heavy atom. The van der Waals surface area contributed by atoms with Crippen molar-refractivity contribution in [2.24, 2.45) is 5.73 Å². The lowest BCUT2D eigenvalue weighted by atomic mass is 10.2. The maximum atomic E-state index is 10.5. The second kappa shape index (κ2) is 3.86. The number of non-ortho nitro benzene ring substituents is 1. The van der Waals surface area contributed by atoms with Crippen LogP contribution in [0.1, 0.15) is 6.42 Å². The predicted molar refractivity (Wildman–Crippen MR) is 57.9 cm³/mol. The van der Waals surface area contributed by atoms with E-state index in [1.807, 2.05) is 0 Å². The molecular weight excluding hydrogens is 194 g/mol. The molecule has 80 valence electrons. The van der Waals surface area contributed by atoms with E-state index in [-0.39, 0.29) is 16.7 Å². The van der Waals surface area contributed by atoms with Crippen LogP contribution in [0, 0.1) is 10.1 Å². The molecule has 0 aromatic heterocycles. The monoisotopic (exact) mass is 207 g/mol. The topological polar surface area (TPSA) is 72.4 Å². The number of hydrogen-bond acceptors (Lipinski definition) is 4. The van der Waals surface area contributed by atoms with Crippen molar-refractivity contribution in [3.05, 3.63) is 34.4 Å². The summed E-state index contributed by atoms with van der Waals surface area (Å²) >= 11 is 0. The SMILES string of the molecule is NC1CCN(c2ccc([N+](=O)[O-])cc2)C1. The molecule has 1 aromatic rings. The van der Waals surface area contributed by atoms with Gasteiger partial charge in [0.15, 0.2) is 0 Å². The average molecular weight is 207 g/mol. The largest absolute Gasteiger partial charge is 0.370 e. The van der Waals surface area contributed by atoms with Gasteiger partial charge in [0.25, 0.3) is 5.69 Å². The molecule has 2 rings (SSSR count). The first-order valence-corrected chi connectivity index (χ1v) is 4.92. The lowest BCUT2D eigenvalue weighted by molar-refractivity contribution is -0.384. The van der Waals surface area contributed by atoms with E-state index in [0.29, 0.717) is 0 Å². The molecule has 5 heteroatoms. The Balaban J connectivity index is 2.13. The van der Waals surface area contributed by atoms with Gasteiger partial charge < -0.3 is 10.6 Å². The summed E-state index contributed by atoms with van der Waals surface area (Å²) in [6.07, 6.45) is 0.983. The van der Waals surface area contributed by atoms with E-state index >= 15 is 0 Å². The summed E-state index contributed by atoms with van der Waals surface area (Å²) < 4.78 is 0. The maximum absolute atomic E-state index is 10.5. The van der Waals surface area contributed by atoms with E-state index in [1.54, 1.807) is 12.1 Å². The molecule has 1 aromatic carbocycles. The van der Waals surface area contributed by atoms with Crippen LogP contribution in [0.25, 0.3) is 0 Å². The lowest BCUT2D eigenvalue weighted by Crippen LogP contribution is -2.26. The first-order chi connectivity index (χ1) is 7.16. The third-order valence-corrected chi connectivity index (χ3v) is 2.65. The van der Waals surface area contributed by atoms with Crippen LogP contribution in [-0.2, 0) is 0 Å². The van der Waals surface area contributed by atoms with Crippen molar-refractivity contribution in [1.82, 2.24) is 0 Å². The van der Waals surface area contributed by atoms with Crippen LogP contribution in [0.4, 0.5) is 11.4 Å². The minimum absolute atomic E-state index is 0.127. The van der Waals surface area contributed by atoms with Crippen molar-refractivity contribution < 1.29 is 4.92 Å². The average Bonchev–Trinajstić information content (AvgIpc) is 2.65. The van der Waals surface area contributed by atoms with Gasteiger partial charge in [0.05, 0.1) is 4.92 Å². The van der Waals surface area contributed by atoms with Gasteiger partial charge in [0.2, 0.25) is 0 Å². The molecule has 1 aliphatic rings. The summed E-state index contributed by atoms with van der Waals surface area (Å²) in [6.45, 7) is 1.76. The zero-order valence-corrected chi connectivity index (χ0v) is 8.30. The molecule has 1 aliphatic heterocycles. The van der Waals surface area contributed by atoms with E-state index < -0.39 is 0 Å². The Morgan fingerprint density at radius 3 is 2.53 bits per heavy atom. The van der Waals surface area contributed by atoms with Gasteiger partial charge in [-0.2, -0.15) is 0 Å². The number of rotatable bonds is 2. The zero-order valence-electron chi connectivity index (χ0n) is 8.30. The van der Waals surface area contributed by atoms with E-state index in [4.69, 9.17) is 5.73 Å². The number of nitrogens with two attached hydrogens (primary N) is 1. The van der Waals surface area contributed by atoms with Crippen molar-refractivity contribution in [3.63, 3.8) is 0 Å².